The van der Waals surface area contributed by atoms with Gasteiger partial charge in [-0.25, -0.2) is 8.42 Å². The Hall–Kier alpha value is -2.78. The zero-order valence-electron chi connectivity index (χ0n) is 19.1. The lowest BCUT2D eigenvalue weighted by molar-refractivity contribution is -0.135. The molecule has 0 saturated carbocycles. The molecule has 1 atom stereocenters. The SMILES string of the molecule is COc1ccc(S(=O)(=O)N2CCC(C(=O)N3CCC(Nc4ccccc4)C3)CC2)cc1OC. The molecule has 0 bridgehead atoms. The summed E-state index contributed by atoms with van der Waals surface area (Å²) in [7, 11) is -0.684. The topological polar surface area (TPSA) is 88.2 Å². The molecule has 2 aromatic rings. The maximum atomic E-state index is 13.1. The minimum absolute atomic E-state index is 0.135. The van der Waals surface area contributed by atoms with E-state index in [1.54, 1.807) is 6.07 Å². The zero-order chi connectivity index (χ0) is 23.4. The van der Waals surface area contributed by atoms with E-state index in [1.807, 2.05) is 35.2 Å². The standard InChI is InChI=1S/C24H31N3O5S/c1-31-22-9-8-21(16-23(22)32-2)33(29,30)27-14-10-18(11-15-27)24(28)26-13-12-20(17-26)25-19-6-4-3-5-7-19/h3-9,16,18,20,25H,10-15,17H2,1-2H3. The molecule has 178 valence electrons. The van der Waals surface area contributed by atoms with Crippen molar-refractivity contribution in [3.63, 3.8) is 0 Å². The van der Waals surface area contributed by atoms with Crippen LogP contribution in [0.15, 0.2) is 53.4 Å². The van der Waals surface area contributed by atoms with E-state index in [2.05, 4.69) is 5.32 Å². The summed E-state index contributed by atoms with van der Waals surface area (Å²) in [6, 6.07) is 14.9. The molecule has 2 aliphatic heterocycles. The van der Waals surface area contributed by atoms with Crippen LogP contribution in [0, 0.1) is 5.92 Å². The van der Waals surface area contributed by atoms with Gasteiger partial charge in [0.25, 0.3) is 0 Å². The van der Waals surface area contributed by atoms with E-state index < -0.39 is 10.0 Å². The van der Waals surface area contributed by atoms with Gasteiger partial charge >= 0.3 is 0 Å². The Morgan fingerprint density at radius 3 is 2.30 bits per heavy atom. The van der Waals surface area contributed by atoms with Gasteiger partial charge in [0.2, 0.25) is 15.9 Å². The third kappa shape index (κ3) is 5.09. The number of benzene rings is 2. The van der Waals surface area contributed by atoms with Gasteiger partial charge in [0.1, 0.15) is 0 Å². The molecule has 2 saturated heterocycles. The largest absolute Gasteiger partial charge is 0.493 e. The molecule has 0 spiro atoms. The first-order valence-electron chi connectivity index (χ1n) is 11.2. The van der Waals surface area contributed by atoms with E-state index in [4.69, 9.17) is 9.47 Å². The van der Waals surface area contributed by atoms with Crippen molar-refractivity contribution in [2.24, 2.45) is 5.92 Å². The highest BCUT2D eigenvalue weighted by atomic mass is 32.2. The average Bonchev–Trinajstić information content (AvgIpc) is 3.32. The number of nitrogens with one attached hydrogen (secondary N) is 1. The summed E-state index contributed by atoms with van der Waals surface area (Å²) in [6.45, 7) is 2.06. The summed E-state index contributed by atoms with van der Waals surface area (Å²) in [4.78, 5) is 15.2. The Kier molecular flexibility index (Phi) is 7.09. The van der Waals surface area contributed by atoms with Crippen LogP contribution in [0.1, 0.15) is 19.3 Å². The quantitative estimate of drug-likeness (QED) is 0.665. The van der Waals surface area contributed by atoms with Crippen molar-refractivity contribution in [2.75, 3.05) is 45.7 Å². The Labute approximate surface area is 195 Å². The van der Waals surface area contributed by atoms with Crippen molar-refractivity contribution in [2.45, 2.75) is 30.2 Å². The van der Waals surface area contributed by atoms with E-state index in [-0.39, 0.29) is 22.8 Å². The van der Waals surface area contributed by atoms with Crippen LogP contribution in [0.3, 0.4) is 0 Å². The lowest BCUT2D eigenvalue weighted by Gasteiger charge is -2.32. The van der Waals surface area contributed by atoms with Crippen LogP contribution in [0.25, 0.3) is 0 Å². The number of ether oxygens (including phenoxy) is 2. The molecule has 9 heteroatoms. The number of para-hydroxylation sites is 1. The normalized spacial score (nSPS) is 19.9. The van der Waals surface area contributed by atoms with Crippen LogP contribution in [-0.4, -0.2) is 70.0 Å². The Morgan fingerprint density at radius 1 is 0.939 bits per heavy atom. The Morgan fingerprint density at radius 2 is 1.64 bits per heavy atom. The molecular formula is C24H31N3O5S. The fraction of sp³-hybridized carbons (Fsp3) is 0.458. The van der Waals surface area contributed by atoms with Crippen LogP contribution in [0.2, 0.25) is 0 Å². The first-order chi connectivity index (χ1) is 15.9. The van der Waals surface area contributed by atoms with E-state index in [0.29, 0.717) is 44.0 Å². The molecule has 2 fully saturated rings. The molecule has 2 aliphatic rings. The van der Waals surface area contributed by atoms with Crippen molar-refractivity contribution in [3.8, 4) is 11.5 Å². The minimum atomic E-state index is -3.67. The highest BCUT2D eigenvalue weighted by Crippen LogP contribution is 2.32. The van der Waals surface area contributed by atoms with Crippen LogP contribution in [-0.2, 0) is 14.8 Å². The number of rotatable bonds is 7. The molecule has 1 unspecified atom stereocenters. The Bertz CT molecular complexity index is 1070. The van der Waals surface area contributed by atoms with Crippen LogP contribution in [0.5, 0.6) is 11.5 Å². The number of nitrogens with zero attached hydrogens (tertiary/aromatic N) is 2. The van der Waals surface area contributed by atoms with E-state index in [1.165, 1.54) is 30.7 Å². The molecule has 33 heavy (non-hydrogen) atoms. The maximum absolute atomic E-state index is 13.1. The van der Waals surface area contributed by atoms with Gasteiger partial charge < -0.3 is 19.7 Å². The molecule has 8 nitrogen and oxygen atoms in total. The van der Waals surface area contributed by atoms with Crippen LogP contribution < -0.4 is 14.8 Å². The lowest BCUT2D eigenvalue weighted by atomic mass is 9.96. The summed E-state index contributed by atoms with van der Waals surface area (Å²) >= 11 is 0. The monoisotopic (exact) mass is 473 g/mol. The number of carbonyl (C=O) groups excluding carboxylic acids is 1. The smallest absolute Gasteiger partial charge is 0.243 e. The number of methoxy groups -OCH3 is 2. The summed E-state index contributed by atoms with van der Waals surface area (Å²) in [5.74, 6) is 0.843. The van der Waals surface area contributed by atoms with Crippen LogP contribution >= 0.6 is 0 Å². The average molecular weight is 474 g/mol. The second kappa shape index (κ2) is 10.0. The molecule has 1 amide bonds. The number of piperidine rings is 1. The predicted octanol–water partition coefficient (Wildman–Crippen LogP) is 2.82. The number of hydrogen-bond acceptors (Lipinski definition) is 6. The highest BCUT2D eigenvalue weighted by Gasteiger charge is 2.36. The van der Waals surface area contributed by atoms with Crippen molar-refractivity contribution in [3.05, 3.63) is 48.5 Å². The summed E-state index contributed by atoms with van der Waals surface area (Å²) in [5, 5.41) is 3.49. The Balaban J connectivity index is 1.33. The van der Waals surface area contributed by atoms with Crippen molar-refractivity contribution >= 4 is 21.6 Å². The van der Waals surface area contributed by atoms with Gasteiger partial charge in [-0.2, -0.15) is 4.31 Å². The molecule has 0 aromatic heterocycles. The number of hydrogen-bond donors (Lipinski definition) is 1. The molecule has 1 N–H and O–H groups in total. The second-order valence-corrected chi connectivity index (χ2v) is 10.4. The number of sulfonamides is 1. The number of anilines is 1. The van der Waals surface area contributed by atoms with Gasteiger partial charge in [0.05, 0.1) is 19.1 Å². The van der Waals surface area contributed by atoms with Gasteiger partial charge in [0.15, 0.2) is 11.5 Å². The molecule has 2 heterocycles. The summed E-state index contributed by atoms with van der Waals surface area (Å²) in [5.41, 5.74) is 1.06. The highest BCUT2D eigenvalue weighted by molar-refractivity contribution is 7.89. The zero-order valence-corrected chi connectivity index (χ0v) is 19.9. The molecule has 0 radical (unpaired) electrons. The summed E-state index contributed by atoms with van der Waals surface area (Å²) in [6.07, 6.45) is 1.96. The first kappa shape index (κ1) is 23.4. The van der Waals surface area contributed by atoms with Gasteiger partial charge in [0, 0.05) is 49.9 Å². The van der Waals surface area contributed by atoms with E-state index in [0.717, 1.165) is 18.7 Å². The lowest BCUT2D eigenvalue weighted by Crippen LogP contribution is -2.44. The maximum Gasteiger partial charge on any atom is 0.243 e. The first-order valence-corrected chi connectivity index (χ1v) is 12.7. The second-order valence-electron chi connectivity index (χ2n) is 8.48. The molecule has 2 aromatic carbocycles. The number of likely N-dealkylation sites (tertiary alicyclic amines) is 1. The molecule has 4 rings (SSSR count). The predicted molar refractivity (Wildman–Crippen MR) is 126 cm³/mol. The minimum Gasteiger partial charge on any atom is -0.493 e. The van der Waals surface area contributed by atoms with Crippen LogP contribution in [0.4, 0.5) is 5.69 Å². The van der Waals surface area contributed by atoms with Gasteiger partial charge in [-0.15, -0.1) is 0 Å². The number of amides is 1. The third-order valence-corrected chi connectivity index (χ3v) is 8.34. The van der Waals surface area contributed by atoms with E-state index in [9.17, 15) is 13.2 Å². The van der Waals surface area contributed by atoms with Gasteiger partial charge in [-0.05, 0) is 43.5 Å². The fourth-order valence-corrected chi connectivity index (χ4v) is 6.06. The molecular weight excluding hydrogens is 442 g/mol. The third-order valence-electron chi connectivity index (χ3n) is 6.44. The van der Waals surface area contributed by atoms with Gasteiger partial charge in [-0.1, -0.05) is 18.2 Å². The van der Waals surface area contributed by atoms with E-state index >= 15 is 0 Å². The van der Waals surface area contributed by atoms with Gasteiger partial charge in [-0.3, -0.25) is 4.79 Å². The number of carbonyl (C=O) groups is 1. The fourth-order valence-electron chi connectivity index (χ4n) is 4.58. The van der Waals surface area contributed by atoms with Crippen molar-refractivity contribution < 1.29 is 22.7 Å². The van der Waals surface area contributed by atoms with Crippen molar-refractivity contribution in [1.82, 2.24) is 9.21 Å². The summed E-state index contributed by atoms with van der Waals surface area (Å²) < 4.78 is 38.2. The van der Waals surface area contributed by atoms with Crippen molar-refractivity contribution in [1.29, 1.82) is 0 Å². The molecule has 0 aliphatic carbocycles.